The second kappa shape index (κ2) is 6.01. The van der Waals surface area contributed by atoms with Gasteiger partial charge in [0.2, 0.25) is 5.91 Å². The van der Waals surface area contributed by atoms with Crippen molar-refractivity contribution >= 4 is 5.91 Å². The molecule has 1 heterocycles. The fourth-order valence-corrected chi connectivity index (χ4v) is 1.96. The number of rotatable bonds is 4. The number of amides is 1. The van der Waals surface area contributed by atoms with E-state index in [2.05, 4.69) is 19.9 Å². The van der Waals surface area contributed by atoms with Gasteiger partial charge in [-0.1, -0.05) is 11.6 Å². The maximum absolute atomic E-state index is 11.9. The Hall–Kier alpha value is -0.870. The van der Waals surface area contributed by atoms with Crippen LogP contribution in [0.4, 0.5) is 0 Å². The number of β-amino-alcohol motifs (C(OH)–C–C–N with tert-alkyl or cyclic N) is 1. The predicted molar refractivity (Wildman–Crippen MR) is 64.1 cm³/mol. The molecular formula is C12H22N2O2. The lowest BCUT2D eigenvalue weighted by molar-refractivity contribution is -0.137. The van der Waals surface area contributed by atoms with Crippen molar-refractivity contribution in [1.82, 2.24) is 9.80 Å². The minimum absolute atomic E-state index is 0.122. The Balaban J connectivity index is 2.57. The molecular weight excluding hydrogens is 204 g/mol. The molecule has 0 saturated carbocycles. The molecule has 1 N–H and O–H groups in total. The Morgan fingerprint density at radius 1 is 1.56 bits per heavy atom. The molecule has 1 atom stereocenters. The van der Waals surface area contributed by atoms with E-state index in [4.69, 9.17) is 5.11 Å². The van der Waals surface area contributed by atoms with Crippen molar-refractivity contribution < 1.29 is 9.90 Å². The number of nitrogens with zero attached hydrogens (tertiary/aromatic N) is 2. The fourth-order valence-electron chi connectivity index (χ4n) is 1.96. The van der Waals surface area contributed by atoms with Gasteiger partial charge in [-0.05, 0) is 20.8 Å². The molecule has 0 aromatic rings. The second-order valence-corrected chi connectivity index (χ2v) is 4.30. The monoisotopic (exact) mass is 226 g/mol. The molecule has 0 bridgehead atoms. The third-order valence-corrected chi connectivity index (χ3v) is 3.33. The Morgan fingerprint density at radius 2 is 2.25 bits per heavy atom. The maximum atomic E-state index is 11.9. The third kappa shape index (κ3) is 3.06. The lowest BCUT2D eigenvalue weighted by atomic mass is 10.1. The Morgan fingerprint density at radius 3 is 2.75 bits per heavy atom. The van der Waals surface area contributed by atoms with Crippen LogP contribution in [0.25, 0.3) is 0 Å². The summed E-state index contributed by atoms with van der Waals surface area (Å²) in [6.45, 7) is 8.87. The molecule has 1 amide bonds. The van der Waals surface area contributed by atoms with E-state index in [-0.39, 0.29) is 18.6 Å². The number of aliphatic hydroxyl groups is 1. The van der Waals surface area contributed by atoms with Gasteiger partial charge in [0.15, 0.2) is 0 Å². The van der Waals surface area contributed by atoms with Crippen molar-refractivity contribution in [2.45, 2.75) is 26.8 Å². The van der Waals surface area contributed by atoms with Crippen LogP contribution in [-0.2, 0) is 4.79 Å². The van der Waals surface area contributed by atoms with Gasteiger partial charge in [-0.15, -0.1) is 0 Å². The summed E-state index contributed by atoms with van der Waals surface area (Å²) in [6.07, 6.45) is 2.05. The topological polar surface area (TPSA) is 43.8 Å². The predicted octanol–water partition coefficient (Wildman–Crippen LogP) is 0.478. The third-order valence-electron chi connectivity index (χ3n) is 3.33. The highest BCUT2D eigenvalue weighted by atomic mass is 16.3. The molecule has 0 radical (unpaired) electrons. The van der Waals surface area contributed by atoms with Crippen LogP contribution in [0, 0.1) is 0 Å². The summed E-state index contributed by atoms with van der Waals surface area (Å²) in [7, 11) is 0. The number of hydrogen-bond donors (Lipinski definition) is 1. The average Bonchev–Trinajstić information content (AvgIpc) is 2.28. The summed E-state index contributed by atoms with van der Waals surface area (Å²) in [5.74, 6) is 0.161. The zero-order valence-electron chi connectivity index (χ0n) is 10.4. The molecule has 0 aliphatic carbocycles. The van der Waals surface area contributed by atoms with Gasteiger partial charge in [0.05, 0.1) is 13.2 Å². The van der Waals surface area contributed by atoms with Crippen LogP contribution in [0.5, 0.6) is 0 Å². The molecule has 0 aromatic heterocycles. The molecule has 1 aliphatic heterocycles. The SMILES string of the molecule is CC=C(C)C(C)N1CCN(CCO)CC1=O. The zero-order chi connectivity index (χ0) is 12.1. The first kappa shape index (κ1) is 13.2. The van der Waals surface area contributed by atoms with E-state index in [0.29, 0.717) is 13.1 Å². The Labute approximate surface area is 97.5 Å². The van der Waals surface area contributed by atoms with Crippen molar-refractivity contribution in [2.75, 3.05) is 32.8 Å². The minimum Gasteiger partial charge on any atom is -0.395 e. The van der Waals surface area contributed by atoms with Gasteiger partial charge in [0.25, 0.3) is 0 Å². The fraction of sp³-hybridized carbons (Fsp3) is 0.750. The second-order valence-electron chi connectivity index (χ2n) is 4.30. The number of aliphatic hydroxyl groups excluding tert-OH is 1. The van der Waals surface area contributed by atoms with Crippen LogP contribution in [-0.4, -0.2) is 59.6 Å². The van der Waals surface area contributed by atoms with Gasteiger partial charge < -0.3 is 10.0 Å². The molecule has 0 aromatic carbocycles. The molecule has 16 heavy (non-hydrogen) atoms. The molecule has 1 fully saturated rings. The molecule has 4 heteroatoms. The van der Waals surface area contributed by atoms with Crippen molar-refractivity contribution in [3.8, 4) is 0 Å². The van der Waals surface area contributed by atoms with Crippen LogP contribution in [0.15, 0.2) is 11.6 Å². The summed E-state index contributed by atoms with van der Waals surface area (Å²) >= 11 is 0. The zero-order valence-corrected chi connectivity index (χ0v) is 10.4. The molecule has 4 nitrogen and oxygen atoms in total. The van der Waals surface area contributed by atoms with Crippen LogP contribution >= 0.6 is 0 Å². The van der Waals surface area contributed by atoms with Crippen LogP contribution < -0.4 is 0 Å². The highest BCUT2D eigenvalue weighted by molar-refractivity contribution is 5.79. The van der Waals surface area contributed by atoms with Gasteiger partial charge in [-0.2, -0.15) is 0 Å². The van der Waals surface area contributed by atoms with E-state index in [1.165, 1.54) is 5.57 Å². The van der Waals surface area contributed by atoms with E-state index in [0.717, 1.165) is 13.1 Å². The van der Waals surface area contributed by atoms with Crippen molar-refractivity contribution in [3.63, 3.8) is 0 Å². The summed E-state index contributed by atoms with van der Waals surface area (Å²) in [4.78, 5) is 15.8. The van der Waals surface area contributed by atoms with Crippen LogP contribution in [0.1, 0.15) is 20.8 Å². The lowest BCUT2D eigenvalue weighted by Crippen LogP contribution is -2.54. The Bertz CT molecular complexity index is 276. The van der Waals surface area contributed by atoms with Gasteiger partial charge in [-0.25, -0.2) is 0 Å². The molecule has 1 rings (SSSR count). The molecule has 1 saturated heterocycles. The standard InChI is InChI=1S/C12H22N2O2/c1-4-10(2)11(3)14-6-5-13(7-8-15)9-12(14)16/h4,11,15H,5-9H2,1-3H3. The highest BCUT2D eigenvalue weighted by Gasteiger charge is 2.27. The lowest BCUT2D eigenvalue weighted by Gasteiger charge is -2.38. The van der Waals surface area contributed by atoms with Crippen molar-refractivity contribution in [1.29, 1.82) is 0 Å². The normalized spacial score (nSPS) is 21.4. The van der Waals surface area contributed by atoms with Crippen LogP contribution in [0.2, 0.25) is 0 Å². The molecule has 1 unspecified atom stereocenters. The maximum Gasteiger partial charge on any atom is 0.237 e. The summed E-state index contributed by atoms with van der Waals surface area (Å²) in [5, 5.41) is 8.83. The molecule has 1 aliphatic rings. The average molecular weight is 226 g/mol. The van der Waals surface area contributed by atoms with Crippen molar-refractivity contribution in [3.05, 3.63) is 11.6 Å². The first-order valence-electron chi connectivity index (χ1n) is 5.85. The van der Waals surface area contributed by atoms with E-state index < -0.39 is 0 Å². The quantitative estimate of drug-likeness (QED) is 0.709. The van der Waals surface area contributed by atoms with Crippen molar-refractivity contribution in [2.24, 2.45) is 0 Å². The van der Waals surface area contributed by atoms with E-state index >= 15 is 0 Å². The highest BCUT2D eigenvalue weighted by Crippen LogP contribution is 2.13. The van der Waals surface area contributed by atoms with Crippen LogP contribution in [0.3, 0.4) is 0 Å². The number of hydrogen-bond acceptors (Lipinski definition) is 3. The summed E-state index contributed by atoms with van der Waals surface area (Å²) in [5.41, 5.74) is 1.23. The number of carbonyl (C=O) groups excluding carboxylic acids is 1. The number of carbonyl (C=O) groups is 1. The molecule has 92 valence electrons. The number of allylic oxidation sites excluding steroid dienone is 1. The van der Waals surface area contributed by atoms with E-state index in [9.17, 15) is 4.79 Å². The van der Waals surface area contributed by atoms with Gasteiger partial charge >= 0.3 is 0 Å². The van der Waals surface area contributed by atoms with Gasteiger partial charge in [-0.3, -0.25) is 9.69 Å². The summed E-state index contributed by atoms with van der Waals surface area (Å²) in [6, 6.07) is 0.189. The molecule has 0 spiro atoms. The van der Waals surface area contributed by atoms with E-state index in [1.54, 1.807) is 0 Å². The van der Waals surface area contributed by atoms with E-state index in [1.807, 2.05) is 16.7 Å². The summed E-state index contributed by atoms with van der Waals surface area (Å²) < 4.78 is 0. The largest absolute Gasteiger partial charge is 0.395 e. The number of piperazine rings is 1. The first-order valence-corrected chi connectivity index (χ1v) is 5.85. The van der Waals surface area contributed by atoms with Gasteiger partial charge in [0, 0.05) is 25.7 Å². The smallest absolute Gasteiger partial charge is 0.237 e. The Kier molecular flexibility index (Phi) is 4.96. The van der Waals surface area contributed by atoms with Gasteiger partial charge in [0.1, 0.15) is 0 Å². The first-order chi connectivity index (χ1) is 7.60. The minimum atomic E-state index is 0.122.